The number of carboxylic acids is 1. The monoisotopic (exact) mass is 771 g/mol. The summed E-state index contributed by atoms with van der Waals surface area (Å²) in [7, 11) is 5.95. The lowest BCUT2D eigenvalue weighted by Gasteiger charge is -2.25. The second-order valence-corrected chi connectivity index (χ2v) is 16.7. The highest BCUT2D eigenvalue weighted by molar-refractivity contribution is 5.71. The largest absolute Gasteiger partial charge is 0.477 e. The molecule has 0 aromatic rings. The highest BCUT2D eigenvalue weighted by Gasteiger charge is 2.25. The van der Waals surface area contributed by atoms with E-state index in [4.69, 9.17) is 18.9 Å². The van der Waals surface area contributed by atoms with E-state index in [1.807, 2.05) is 21.1 Å². The Morgan fingerprint density at radius 3 is 1.19 bits per heavy atom. The van der Waals surface area contributed by atoms with Gasteiger partial charge in [-0.1, -0.05) is 187 Å². The molecule has 1 N–H and O–H groups in total. The summed E-state index contributed by atoms with van der Waals surface area (Å²) in [5.74, 6) is -2.01. The van der Waals surface area contributed by atoms with E-state index in [0.29, 0.717) is 17.4 Å². The van der Waals surface area contributed by atoms with Crippen LogP contribution in [0.2, 0.25) is 0 Å². The van der Waals surface area contributed by atoms with Crippen molar-refractivity contribution in [2.75, 3.05) is 47.5 Å². The molecule has 0 spiro atoms. The van der Waals surface area contributed by atoms with Crippen molar-refractivity contribution < 1.29 is 42.9 Å². The minimum atomic E-state index is -1.50. The first kappa shape index (κ1) is 52.3. The van der Waals surface area contributed by atoms with Crippen LogP contribution in [-0.2, 0) is 33.3 Å². The van der Waals surface area contributed by atoms with Gasteiger partial charge in [-0.15, -0.1) is 0 Å². The summed E-state index contributed by atoms with van der Waals surface area (Å²) in [6.45, 7) is 4.80. The number of unbranched alkanes of at least 4 members (excludes halogenated alkanes) is 27. The predicted molar refractivity (Wildman–Crippen MR) is 222 cm³/mol. The van der Waals surface area contributed by atoms with Crippen LogP contribution in [0, 0.1) is 0 Å². The number of rotatable bonds is 42. The fourth-order valence-corrected chi connectivity index (χ4v) is 6.54. The van der Waals surface area contributed by atoms with Gasteiger partial charge in [0.25, 0.3) is 6.29 Å². The third kappa shape index (κ3) is 38.6. The highest BCUT2D eigenvalue weighted by Crippen LogP contribution is 2.16. The van der Waals surface area contributed by atoms with E-state index in [2.05, 4.69) is 13.8 Å². The first-order valence-corrected chi connectivity index (χ1v) is 22.7. The smallest absolute Gasteiger partial charge is 0.361 e. The number of nitrogens with zero attached hydrogens (tertiary/aromatic N) is 1. The molecule has 0 aromatic carbocycles. The van der Waals surface area contributed by atoms with E-state index in [-0.39, 0.29) is 32.2 Å². The van der Waals surface area contributed by atoms with Gasteiger partial charge in [0.15, 0.2) is 6.10 Å². The third-order valence-corrected chi connectivity index (χ3v) is 10.1. The normalized spacial score (nSPS) is 12.8. The van der Waals surface area contributed by atoms with E-state index in [9.17, 15) is 19.5 Å². The average molecular weight is 771 g/mol. The summed E-state index contributed by atoms with van der Waals surface area (Å²) >= 11 is 0. The fraction of sp³-hybridized carbons (Fsp3) is 0.933. The molecular formula is C45H88NO8+. The van der Waals surface area contributed by atoms with Crippen LogP contribution in [-0.4, -0.2) is 87.4 Å². The Hall–Kier alpha value is -1.71. The van der Waals surface area contributed by atoms with Crippen LogP contribution in [0.5, 0.6) is 0 Å². The van der Waals surface area contributed by atoms with Crippen molar-refractivity contribution in [1.82, 2.24) is 0 Å². The molecule has 0 aliphatic carbocycles. The lowest BCUT2D eigenvalue weighted by atomic mass is 10.0. The number of aliphatic carboxylic acids is 1. The van der Waals surface area contributed by atoms with Gasteiger partial charge in [-0.2, -0.15) is 0 Å². The Morgan fingerprint density at radius 2 is 0.833 bits per heavy atom. The van der Waals surface area contributed by atoms with Crippen LogP contribution in [0.1, 0.15) is 213 Å². The van der Waals surface area contributed by atoms with E-state index in [0.717, 1.165) is 51.4 Å². The van der Waals surface area contributed by atoms with Crippen molar-refractivity contribution in [2.24, 2.45) is 0 Å². The molecule has 0 fully saturated rings. The second-order valence-electron chi connectivity index (χ2n) is 16.7. The van der Waals surface area contributed by atoms with E-state index < -0.39 is 24.3 Å². The number of carbonyl (C=O) groups is 3. The zero-order valence-corrected chi connectivity index (χ0v) is 36.2. The van der Waals surface area contributed by atoms with Crippen LogP contribution in [0.4, 0.5) is 0 Å². The van der Waals surface area contributed by atoms with Gasteiger partial charge in [0.2, 0.25) is 0 Å². The molecule has 0 heterocycles. The highest BCUT2D eigenvalue weighted by atomic mass is 16.7. The lowest BCUT2D eigenvalue weighted by molar-refractivity contribution is -0.870. The van der Waals surface area contributed by atoms with E-state index in [1.165, 1.54) is 135 Å². The van der Waals surface area contributed by atoms with Crippen molar-refractivity contribution >= 4 is 17.9 Å². The maximum absolute atomic E-state index is 12.7. The number of carboxylic acid groups (broad SMARTS) is 1. The summed E-state index contributed by atoms with van der Waals surface area (Å²) in [6, 6.07) is 0. The van der Waals surface area contributed by atoms with Gasteiger partial charge >= 0.3 is 17.9 Å². The van der Waals surface area contributed by atoms with Gasteiger partial charge in [0.1, 0.15) is 13.2 Å². The van der Waals surface area contributed by atoms with Crippen LogP contribution >= 0.6 is 0 Å². The molecule has 0 rings (SSSR count). The van der Waals surface area contributed by atoms with Crippen LogP contribution in [0.3, 0.4) is 0 Å². The fourth-order valence-electron chi connectivity index (χ4n) is 6.54. The topological polar surface area (TPSA) is 108 Å². The lowest BCUT2D eigenvalue weighted by Crippen LogP contribution is -2.40. The summed E-state index contributed by atoms with van der Waals surface area (Å²) in [5.41, 5.74) is 0. The number of esters is 2. The minimum Gasteiger partial charge on any atom is -0.477 e. The van der Waals surface area contributed by atoms with Crippen LogP contribution in [0.15, 0.2) is 0 Å². The summed E-state index contributed by atoms with van der Waals surface area (Å²) < 4.78 is 22.6. The van der Waals surface area contributed by atoms with Crippen LogP contribution in [0.25, 0.3) is 0 Å². The molecule has 0 aromatic heterocycles. The Kier molecular flexibility index (Phi) is 37.0. The quantitative estimate of drug-likeness (QED) is 0.0283. The maximum Gasteiger partial charge on any atom is 0.361 e. The van der Waals surface area contributed by atoms with Crippen molar-refractivity contribution in [3.8, 4) is 0 Å². The van der Waals surface area contributed by atoms with Gasteiger partial charge in [0, 0.05) is 12.8 Å². The molecule has 54 heavy (non-hydrogen) atoms. The SMILES string of the molecule is CCCCCCCCCCCCCCCCCCCCCCCCCCC(=O)OC(COC(=O)CCCCCCC)COC(OCC[N+](C)(C)C)C(=O)O. The molecule has 0 amide bonds. The number of carbonyl (C=O) groups excluding carboxylic acids is 2. The zero-order valence-electron chi connectivity index (χ0n) is 36.2. The van der Waals surface area contributed by atoms with Crippen molar-refractivity contribution in [3.05, 3.63) is 0 Å². The molecule has 0 aliphatic heterocycles. The molecule has 2 atom stereocenters. The molecule has 0 radical (unpaired) electrons. The van der Waals surface area contributed by atoms with Gasteiger partial charge in [-0.3, -0.25) is 9.59 Å². The number of likely N-dealkylation sites (N-methyl/N-ethyl adjacent to an activating group) is 1. The first-order valence-electron chi connectivity index (χ1n) is 22.7. The van der Waals surface area contributed by atoms with Gasteiger partial charge in [0.05, 0.1) is 34.4 Å². The van der Waals surface area contributed by atoms with Crippen molar-refractivity contribution in [1.29, 1.82) is 0 Å². The Bertz CT molecular complexity index is 861. The number of hydrogen-bond acceptors (Lipinski definition) is 7. The summed E-state index contributed by atoms with van der Waals surface area (Å²) in [6.07, 6.45) is 35.1. The van der Waals surface area contributed by atoms with Gasteiger partial charge < -0.3 is 28.5 Å². The molecular weight excluding hydrogens is 682 g/mol. The van der Waals surface area contributed by atoms with Gasteiger partial charge in [-0.25, -0.2) is 4.79 Å². The standard InChI is InChI=1S/C45H87NO8/c1-6-8-10-12-13-14-15-16-17-18-19-20-21-22-23-24-25-26-27-28-29-30-32-34-36-43(48)54-41(39-52-42(47)35-33-31-11-9-7-2)40-53-45(44(49)50)51-38-37-46(3,4)5/h41,45H,6-40H2,1-5H3/p+1. The number of ether oxygens (including phenoxy) is 4. The summed E-state index contributed by atoms with van der Waals surface area (Å²) in [5, 5.41) is 9.57. The van der Waals surface area contributed by atoms with Crippen molar-refractivity contribution in [2.45, 2.75) is 225 Å². The molecule has 0 saturated heterocycles. The molecule has 320 valence electrons. The zero-order chi connectivity index (χ0) is 40.0. The molecule has 9 nitrogen and oxygen atoms in total. The Balaban J connectivity index is 4.07. The van der Waals surface area contributed by atoms with E-state index >= 15 is 0 Å². The second kappa shape index (κ2) is 38.2. The Labute approximate surface area is 332 Å². The van der Waals surface area contributed by atoms with E-state index in [1.54, 1.807) is 0 Å². The van der Waals surface area contributed by atoms with Crippen LogP contribution < -0.4 is 0 Å². The third-order valence-electron chi connectivity index (χ3n) is 10.1. The predicted octanol–water partition coefficient (Wildman–Crippen LogP) is 11.7. The molecule has 2 unspecified atom stereocenters. The molecule has 0 aliphatic rings. The molecule has 9 heteroatoms. The molecule has 0 saturated carbocycles. The van der Waals surface area contributed by atoms with Gasteiger partial charge in [-0.05, 0) is 12.8 Å². The summed E-state index contributed by atoms with van der Waals surface area (Å²) in [4.78, 5) is 36.7. The number of quaternary nitrogens is 1. The maximum atomic E-state index is 12.7. The minimum absolute atomic E-state index is 0.176. The first-order chi connectivity index (χ1) is 26.1. The number of hydrogen-bond donors (Lipinski definition) is 1. The Morgan fingerprint density at radius 1 is 0.481 bits per heavy atom. The average Bonchev–Trinajstić information content (AvgIpc) is 3.12. The van der Waals surface area contributed by atoms with Crippen molar-refractivity contribution in [3.63, 3.8) is 0 Å². The molecule has 0 bridgehead atoms.